The Kier molecular flexibility index (Phi) is 7.22. The van der Waals surface area contributed by atoms with Crippen molar-refractivity contribution in [3.05, 3.63) is 175 Å². The van der Waals surface area contributed by atoms with E-state index >= 15 is 0 Å². The summed E-state index contributed by atoms with van der Waals surface area (Å²) >= 11 is 0. The van der Waals surface area contributed by atoms with Gasteiger partial charge in [0.1, 0.15) is 0 Å². The van der Waals surface area contributed by atoms with Crippen molar-refractivity contribution in [3.8, 4) is 33.4 Å². The second kappa shape index (κ2) is 11.3. The van der Waals surface area contributed by atoms with Crippen LogP contribution >= 0.6 is 7.14 Å². The number of rotatable bonds is 6. The summed E-state index contributed by atoms with van der Waals surface area (Å²) in [5, 5.41) is 0. The Morgan fingerprint density at radius 2 is 0.674 bits per heavy atom. The van der Waals surface area contributed by atoms with Crippen molar-refractivity contribution in [2.75, 3.05) is 19.5 Å². The molecule has 0 saturated carbocycles. The molecule has 1 heterocycles. The molecule has 7 rings (SSSR count). The van der Waals surface area contributed by atoms with Crippen LogP contribution in [0, 0.1) is 0 Å². The Balaban J connectivity index is 1.38. The maximum absolute atomic E-state index is 2.57. The fourth-order valence-corrected chi connectivity index (χ4v) is 11.4. The van der Waals surface area contributed by atoms with Crippen molar-refractivity contribution in [1.82, 2.24) is 0 Å². The summed E-state index contributed by atoms with van der Waals surface area (Å²) in [6.45, 7) is 5.15. The second-order valence-electron chi connectivity index (χ2n) is 12.4. The number of benzene rings is 6. The molecule has 0 spiro atoms. The molecule has 0 N–H and O–H groups in total. The van der Waals surface area contributed by atoms with Gasteiger partial charge < -0.3 is 0 Å². The minimum atomic E-state index is -1.47. The molecule has 1 aliphatic rings. The molecule has 0 unspecified atom stereocenters. The average molecular weight is 571 g/mol. The quantitative estimate of drug-likeness (QED) is 0.138. The standard InChI is InChI=1S/C41H36BP/c1-43(2)31-30-41(38-20-18-35(19-21-38)32-12-6-3-7-13-32)42(43,39-26-22-36(23-27-39)33-14-8-4-9-15-33)40-28-24-37(25-29-40)34-16-10-5-11-17-34/h3-30H,31H2,1-2H3. The summed E-state index contributed by atoms with van der Waals surface area (Å²) in [7, 11) is -1.47. The van der Waals surface area contributed by atoms with Crippen molar-refractivity contribution in [3.63, 3.8) is 0 Å². The van der Waals surface area contributed by atoms with Crippen LogP contribution in [0.5, 0.6) is 0 Å². The molecule has 0 nitrogen and oxygen atoms in total. The van der Waals surface area contributed by atoms with Gasteiger partial charge in [-0.2, -0.15) is 16.4 Å². The first-order valence-corrected chi connectivity index (χ1v) is 18.2. The minimum absolute atomic E-state index is 1.14. The third-order valence-electron chi connectivity index (χ3n) is 9.61. The van der Waals surface area contributed by atoms with Gasteiger partial charge in [-0.25, -0.2) is 0 Å². The van der Waals surface area contributed by atoms with Crippen LogP contribution in [0.15, 0.2) is 170 Å². The fourth-order valence-electron chi connectivity index (χ4n) is 7.41. The summed E-state index contributed by atoms with van der Waals surface area (Å²) in [5.74, 6) is -1.17. The molecule has 0 amide bonds. The maximum atomic E-state index is 2.57. The summed E-state index contributed by atoms with van der Waals surface area (Å²) in [6, 6.07) is 60.5. The minimum Gasteiger partial charge on any atom is -0.157 e. The zero-order valence-electron chi connectivity index (χ0n) is 24.9. The van der Waals surface area contributed by atoms with Crippen LogP contribution in [-0.2, 0) is 0 Å². The van der Waals surface area contributed by atoms with Gasteiger partial charge in [-0.05, 0) is 33.4 Å². The lowest BCUT2D eigenvalue weighted by atomic mass is 9.33. The molecule has 2 heteroatoms. The molecule has 6 aromatic carbocycles. The van der Waals surface area contributed by atoms with Crippen LogP contribution in [0.4, 0.5) is 0 Å². The van der Waals surface area contributed by atoms with E-state index in [-0.39, 0.29) is 0 Å². The number of allylic oxidation sites excluding steroid dienone is 1. The Hall–Kier alpha value is -4.45. The molecule has 0 aromatic heterocycles. The summed E-state index contributed by atoms with van der Waals surface area (Å²) in [4.78, 5) is 0. The Bertz CT molecular complexity index is 1770. The first-order valence-electron chi connectivity index (χ1n) is 15.2. The van der Waals surface area contributed by atoms with Gasteiger partial charge in [0.2, 0.25) is 5.87 Å². The SMILES string of the molecule is C[P+]1(C)CC=C(c2ccc(-c3ccccc3)cc2)[B-]1(c1ccc(-c2ccccc2)cc1)c1ccc(-c2ccccc2)cc1. The predicted octanol–water partition coefficient (Wildman–Crippen LogP) is 9.66. The zero-order chi connectivity index (χ0) is 29.3. The van der Waals surface area contributed by atoms with Gasteiger partial charge in [0.15, 0.2) is 0 Å². The van der Waals surface area contributed by atoms with Crippen LogP contribution in [0.1, 0.15) is 5.56 Å². The highest BCUT2D eigenvalue weighted by atomic mass is 31.2. The smallest absolute Gasteiger partial charge is 0.157 e. The van der Waals surface area contributed by atoms with Crippen LogP contribution in [0.3, 0.4) is 0 Å². The van der Waals surface area contributed by atoms with Crippen LogP contribution < -0.4 is 10.9 Å². The lowest BCUT2D eigenvalue weighted by Crippen LogP contribution is -2.59. The van der Waals surface area contributed by atoms with Crippen LogP contribution in [-0.4, -0.2) is 25.4 Å². The molecule has 0 bridgehead atoms. The molecular formula is C41H36BP. The molecule has 0 atom stereocenters. The van der Waals surface area contributed by atoms with Crippen LogP contribution in [0.25, 0.3) is 38.9 Å². The molecule has 208 valence electrons. The van der Waals surface area contributed by atoms with Gasteiger partial charge in [0.25, 0.3) is 0 Å². The number of hydrogen-bond acceptors (Lipinski definition) is 0. The molecule has 0 fully saturated rings. The summed E-state index contributed by atoms with van der Waals surface area (Å²) in [5.41, 5.74) is 13.3. The van der Waals surface area contributed by atoms with Gasteiger partial charge in [0.05, 0.1) is 0 Å². The Labute approximate surface area is 257 Å². The van der Waals surface area contributed by atoms with Crippen molar-refractivity contribution in [1.29, 1.82) is 0 Å². The molecular weight excluding hydrogens is 534 g/mol. The summed E-state index contributed by atoms with van der Waals surface area (Å²) < 4.78 is 0. The van der Waals surface area contributed by atoms with E-state index in [2.05, 4.69) is 183 Å². The third-order valence-corrected chi connectivity index (χ3v) is 13.7. The first-order chi connectivity index (χ1) is 21.1. The van der Waals surface area contributed by atoms with Crippen LogP contribution in [0.2, 0.25) is 0 Å². The molecule has 6 aromatic rings. The highest BCUT2D eigenvalue weighted by molar-refractivity contribution is 8.14. The Morgan fingerprint density at radius 3 is 1.05 bits per heavy atom. The molecule has 0 radical (unpaired) electrons. The van der Waals surface area contributed by atoms with E-state index < -0.39 is 13.0 Å². The molecule has 1 aliphatic heterocycles. The lowest BCUT2D eigenvalue weighted by Gasteiger charge is -2.46. The van der Waals surface area contributed by atoms with Gasteiger partial charge >= 0.3 is 0 Å². The van der Waals surface area contributed by atoms with Crippen molar-refractivity contribution >= 4 is 29.4 Å². The van der Waals surface area contributed by atoms with E-state index in [4.69, 9.17) is 0 Å². The largest absolute Gasteiger partial charge is 0.246 e. The summed E-state index contributed by atoms with van der Waals surface area (Å²) in [6.07, 6.45) is 3.71. The molecule has 0 saturated heterocycles. The van der Waals surface area contributed by atoms with Crippen molar-refractivity contribution < 1.29 is 0 Å². The van der Waals surface area contributed by atoms with E-state index in [0.717, 1.165) is 6.16 Å². The third kappa shape index (κ3) is 4.89. The number of hydrogen-bond donors (Lipinski definition) is 0. The van der Waals surface area contributed by atoms with E-state index in [1.54, 1.807) is 0 Å². The van der Waals surface area contributed by atoms with E-state index in [1.807, 2.05) is 0 Å². The molecule has 0 aliphatic carbocycles. The maximum Gasteiger partial charge on any atom is 0.246 e. The highest BCUT2D eigenvalue weighted by Gasteiger charge is 2.54. The normalized spacial score (nSPS) is 15.2. The monoisotopic (exact) mass is 570 g/mol. The van der Waals surface area contributed by atoms with Gasteiger partial charge in [0, 0.05) is 19.5 Å². The van der Waals surface area contributed by atoms with E-state index in [0.29, 0.717) is 0 Å². The predicted molar refractivity (Wildman–Crippen MR) is 192 cm³/mol. The van der Waals surface area contributed by atoms with Crippen molar-refractivity contribution in [2.45, 2.75) is 0 Å². The highest BCUT2D eigenvalue weighted by Crippen LogP contribution is 2.67. The van der Waals surface area contributed by atoms with E-state index in [9.17, 15) is 0 Å². The van der Waals surface area contributed by atoms with Gasteiger partial charge in [-0.3, -0.25) is 0 Å². The Morgan fingerprint density at radius 1 is 0.372 bits per heavy atom. The fraction of sp³-hybridized carbons (Fsp3) is 0.0732. The van der Waals surface area contributed by atoms with Gasteiger partial charge in [-0.15, -0.1) is 7.14 Å². The van der Waals surface area contributed by atoms with E-state index in [1.165, 1.54) is 55.3 Å². The van der Waals surface area contributed by atoms with Crippen molar-refractivity contribution in [2.24, 2.45) is 0 Å². The average Bonchev–Trinajstić information content (AvgIpc) is 3.37. The second-order valence-corrected chi connectivity index (χ2v) is 17.1. The topological polar surface area (TPSA) is 0 Å². The molecule has 43 heavy (non-hydrogen) atoms. The first kappa shape index (κ1) is 27.4. The lowest BCUT2D eigenvalue weighted by molar-refractivity contribution is 1.58. The van der Waals surface area contributed by atoms with Gasteiger partial charge in [-0.1, -0.05) is 175 Å². The zero-order valence-corrected chi connectivity index (χ0v) is 25.8.